The maximum atomic E-state index is 5.59. The fourth-order valence-corrected chi connectivity index (χ4v) is 2.48. The van der Waals surface area contributed by atoms with Gasteiger partial charge in [0.1, 0.15) is 0 Å². The van der Waals surface area contributed by atoms with Gasteiger partial charge in [-0.1, -0.05) is 64.8 Å². The van der Waals surface area contributed by atoms with Gasteiger partial charge >= 0.3 is 22.4 Å². The summed E-state index contributed by atoms with van der Waals surface area (Å²) in [5.74, 6) is 1.61. The van der Waals surface area contributed by atoms with Crippen molar-refractivity contribution in [3.05, 3.63) is 28.8 Å². The Morgan fingerprint density at radius 2 is 1.12 bits per heavy atom. The van der Waals surface area contributed by atoms with Crippen molar-refractivity contribution in [3.63, 3.8) is 0 Å². The maximum Gasteiger partial charge on any atom is 1.00 e. The molecule has 0 unspecified atom stereocenters. The van der Waals surface area contributed by atoms with Gasteiger partial charge in [0.2, 0.25) is 0 Å². The van der Waals surface area contributed by atoms with Crippen molar-refractivity contribution in [1.29, 1.82) is 0 Å². The predicted molar refractivity (Wildman–Crippen MR) is 74.3 cm³/mol. The Bertz CT molecular complexity index is 338. The molecule has 0 radical (unpaired) electrons. The molecule has 0 aliphatic rings. The quantitative estimate of drug-likeness (QED) is 0.552. The molecule has 0 atom stereocenters. The standard InChI is InChI=1S/C15H24S.Ag/c1-9(2)12-7-13(10(3)4)15(16)14(8-12)11(5)6;/h7-11,16H,1-6H3;/q;+1/p-1. The number of hydrogen-bond donors (Lipinski definition) is 0. The van der Waals surface area contributed by atoms with E-state index < -0.39 is 0 Å². The summed E-state index contributed by atoms with van der Waals surface area (Å²) >= 11 is 5.59. The van der Waals surface area contributed by atoms with Crippen LogP contribution in [0.25, 0.3) is 0 Å². The molecule has 0 nitrogen and oxygen atoms in total. The van der Waals surface area contributed by atoms with E-state index >= 15 is 0 Å². The second-order valence-electron chi connectivity index (χ2n) is 5.49. The first-order chi connectivity index (χ1) is 7.34. The van der Waals surface area contributed by atoms with Crippen molar-refractivity contribution in [3.8, 4) is 0 Å². The van der Waals surface area contributed by atoms with Crippen LogP contribution >= 0.6 is 0 Å². The van der Waals surface area contributed by atoms with Crippen LogP contribution in [0.5, 0.6) is 0 Å². The van der Waals surface area contributed by atoms with E-state index in [0.29, 0.717) is 17.8 Å². The van der Waals surface area contributed by atoms with Gasteiger partial charge in [-0.3, -0.25) is 0 Å². The zero-order chi connectivity index (χ0) is 12.5. The van der Waals surface area contributed by atoms with Gasteiger partial charge in [-0.05, 0) is 23.3 Å². The van der Waals surface area contributed by atoms with Crippen LogP contribution in [0.2, 0.25) is 0 Å². The van der Waals surface area contributed by atoms with Crippen molar-refractivity contribution in [2.75, 3.05) is 0 Å². The van der Waals surface area contributed by atoms with Crippen molar-refractivity contribution in [2.45, 2.75) is 64.2 Å². The molecule has 0 saturated carbocycles. The Hall–Kier alpha value is 0.180. The molecule has 0 bridgehead atoms. The van der Waals surface area contributed by atoms with E-state index in [2.05, 4.69) is 53.7 Å². The summed E-state index contributed by atoms with van der Waals surface area (Å²) in [5.41, 5.74) is 4.09. The van der Waals surface area contributed by atoms with E-state index in [1.807, 2.05) is 0 Å². The monoisotopic (exact) mass is 342 g/mol. The van der Waals surface area contributed by atoms with Crippen molar-refractivity contribution in [2.24, 2.45) is 0 Å². The molecule has 1 aromatic rings. The van der Waals surface area contributed by atoms with Gasteiger partial charge in [0.05, 0.1) is 0 Å². The van der Waals surface area contributed by atoms with E-state index in [-0.39, 0.29) is 22.4 Å². The van der Waals surface area contributed by atoms with Crippen LogP contribution in [-0.2, 0) is 35.0 Å². The molecule has 0 N–H and O–H groups in total. The van der Waals surface area contributed by atoms with E-state index in [0.717, 1.165) is 4.90 Å². The van der Waals surface area contributed by atoms with E-state index in [4.69, 9.17) is 12.6 Å². The summed E-state index contributed by atoms with van der Waals surface area (Å²) < 4.78 is 0. The Labute approximate surface area is 128 Å². The van der Waals surface area contributed by atoms with Crippen LogP contribution in [-0.4, -0.2) is 0 Å². The third-order valence-corrected chi connectivity index (χ3v) is 3.55. The molecule has 0 amide bonds. The summed E-state index contributed by atoms with van der Waals surface area (Å²) in [4.78, 5) is 1.08. The summed E-state index contributed by atoms with van der Waals surface area (Å²) in [6.07, 6.45) is 0. The zero-order valence-corrected chi connectivity index (χ0v) is 13.9. The van der Waals surface area contributed by atoms with Crippen molar-refractivity contribution in [1.82, 2.24) is 0 Å². The first-order valence-corrected chi connectivity index (χ1v) is 6.60. The molecular formula is C15H23AgS. The van der Waals surface area contributed by atoms with E-state index in [9.17, 15) is 0 Å². The zero-order valence-electron chi connectivity index (χ0n) is 11.6. The van der Waals surface area contributed by atoms with E-state index in [1.165, 1.54) is 16.7 Å². The van der Waals surface area contributed by atoms with Gasteiger partial charge in [0.15, 0.2) is 0 Å². The molecule has 0 aliphatic carbocycles. The Kier molecular flexibility index (Phi) is 7.01. The van der Waals surface area contributed by atoms with Crippen LogP contribution in [0.15, 0.2) is 17.0 Å². The first-order valence-electron chi connectivity index (χ1n) is 6.19. The third-order valence-electron chi connectivity index (χ3n) is 3.08. The molecule has 17 heavy (non-hydrogen) atoms. The maximum absolute atomic E-state index is 5.59. The molecule has 0 aromatic heterocycles. The molecule has 0 spiro atoms. The fourth-order valence-electron chi connectivity index (χ4n) is 1.89. The van der Waals surface area contributed by atoms with Gasteiger partial charge < -0.3 is 12.6 Å². The second kappa shape index (κ2) is 6.94. The number of hydrogen-bond acceptors (Lipinski definition) is 1. The number of rotatable bonds is 3. The molecule has 1 rings (SSSR count). The molecular weight excluding hydrogens is 320 g/mol. The smallest absolute Gasteiger partial charge is 0.779 e. The topological polar surface area (TPSA) is 0 Å². The molecule has 0 saturated heterocycles. The molecule has 100 valence electrons. The minimum Gasteiger partial charge on any atom is -0.779 e. The molecule has 0 heterocycles. The number of benzene rings is 1. The minimum atomic E-state index is 0. The summed E-state index contributed by atoms with van der Waals surface area (Å²) in [6.45, 7) is 13.4. The molecule has 2 heteroatoms. The average molecular weight is 343 g/mol. The van der Waals surface area contributed by atoms with Crippen LogP contribution in [0.1, 0.15) is 76.0 Å². The minimum absolute atomic E-state index is 0. The Balaban J connectivity index is 0.00000256. The first kappa shape index (κ1) is 17.2. The Morgan fingerprint density at radius 1 is 0.765 bits per heavy atom. The summed E-state index contributed by atoms with van der Waals surface area (Å²) in [6, 6.07) is 4.59. The van der Waals surface area contributed by atoms with Gasteiger partial charge in [0, 0.05) is 0 Å². The SMILES string of the molecule is CC(C)c1cc(C(C)C)c([S-])c(C(C)C)c1.[Ag+]. The van der Waals surface area contributed by atoms with Crippen molar-refractivity contribution < 1.29 is 22.4 Å². The van der Waals surface area contributed by atoms with Crippen LogP contribution in [0.3, 0.4) is 0 Å². The normalized spacial score (nSPS) is 11.1. The van der Waals surface area contributed by atoms with Crippen LogP contribution in [0.4, 0.5) is 0 Å². The second-order valence-corrected chi connectivity index (χ2v) is 5.90. The van der Waals surface area contributed by atoms with Crippen LogP contribution in [0, 0.1) is 0 Å². The van der Waals surface area contributed by atoms with Crippen LogP contribution < -0.4 is 0 Å². The molecule has 0 aliphatic heterocycles. The molecule has 1 aromatic carbocycles. The van der Waals surface area contributed by atoms with E-state index in [1.54, 1.807) is 0 Å². The van der Waals surface area contributed by atoms with Gasteiger partial charge in [-0.2, -0.15) is 4.90 Å². The largest absolute Gasteiger partial charge is 1.00 e. The third kappa shape index (κ3) is 4.10. The van der Waals surface area contributed by atoms with Gasteiger partial charge in [0.25, 0.3) is 0 Å². The summed E-state index contributed by atoms with van der Waals surface area (Å²) in [7, 11) is 0. The Morgan fingerprint density at radius 3 is 1.35 bits per heavy atom. The summed E-state index contributed by atoms with van der Waals surface area (Å²) in [5, 5.41) is 0. The average Bonchev–Trinajstić information content (AvgIpc) is 2.16. The predicted octanol–water partition coefficient (Wildman–Crippen LogP) is 4.96. The molecule has 0 fully saturated rings. The fraction of sp³-hybridized carbons (Fsp3) is 0.600. The van der Waals surface area contributed by atoms with Gasteiger partial charge in [-0.15, -0.1) is 0 Å². The van der Waals surface area contributed by atoms with Crippen molar-refractivity contribution >= 4 is 12.6 Å². The van der Waals surface area contributed by atoms with Gasteiger partial charge in [-0.25, -0.2) is 0 Å².